The molecule has 1 heterocycles. The highest BCUT2D eigenvalue weighted by atomic mass is 35.5. The predicted molar refractivity (Wildman–Crippen MR) is 61.5 cm³/mol. The number of halogens is 2. The lowest BCUT2D eigenvalue weighted by Gasteiger charge is -2.04. The molecule has 15 heavy (non-hydrogen) atoms. The average molecular weight is 261 g/mol. The van der Waals surface area contributed by atoms with Crippen LogP contribution in [0.15, 0.2) is 39.1 Å². The van der Waals surface area contributed by atoms with Crippen LogP contribution in [0.4, 0.5) is 5.69 Å². The Hall–Kier alpha value is -0.840. The second kappa shape index (κ2) is 4.35. The van der Waals surface area contributed by atoms with Gasteiger partial charge in [-0.1, -0.05) is 23.2 Å². The van der Waals surface area contributed by atoms with Crippen LogP contribution in [0.2, 0.25) is 10.0 Å². The topological polar surface area (TPSA) is 52.0 Å². The zero-order chi connectivity index (χ0) is 10.8. The second-order valence-electron chi connectivity index (χ2n) is 2.71. The first-order chi connectivity index (χ1) is 7.16. The Labute approximate surface area is 101 Å². The molecule has 0 saturated heterocycles. The summed E-state index contributed by atoms with van der Waals surface area (Å²) < 4.78 is 5.08. The number of hydrogen-bond donors (Lipinski definition) is 1. The van der Waals surface area contributed by atoms with Gasteiger partial charge in [0.2, 0.25) is 0 Å². The summed E-state index contributed by atoms with van der Waals surface area (Å²) >= 11 is 13.3. The molecule has 0 spiro atoms. The van der Waals surface area contributed by atoms with Gasteiger partial charge in [-0.05, 0) is 23.9 Å². The van der Waals surface area contributed by atoms with E-state index in [0.717, 1.165) is 0 Å². The van der Waals surface area contributed by atoms with E-state index in [1.165, 1.54) is 18.0 Å². The summed E-state index contributed by atoms with van der Waals surface area (Å²) in [7, 11) is 0. The molecule has 2 rings (SSSR count). The van der Waals surface area contributed by atoms with Gasteiger partial charge in [0.25, 0.3) is 5.22 Å². The molecule has 0 amide bonds. The smallest absolute Gasteiger partial charge is 0.260 e. The lowest BCUT2D eigenvalue weighted by Crippen LogP contribution is -1.86. The maximum Gasteiger partial charge on any atom is 0.260 e. The standard InChI is InChI=1S/C9H6Cl2N2OS/c10-6-3-5(12)4-7(11)8(6)15-9-13-1-2-14-9/h1-4H,12H2. The number of rotatable bonds is 2. The fraction of sp³-hybridized carbons (Fsp3) is 0. The largest absolute Gasteiger partial charge is 0.440 e. The number of hydrogen-bond acceptors (Lipinski definition) is 4. The Kier molecular flexibility index (Phi) is 3.09. The first kappa shape index (κ1) is 10.7. The molecule has 6 heteroatoms. The summed E-state index contributed by atoms with van der Waals surface area (Å²) in [6.45, 7) is 0. The Bertz CT molecular complexity index is 450. The summed E-state index contributed by atoms with van der Waals surface area (Å²) in [6.07, 6.45) is 3.04. The first-order valence-corrected chi connectivity index (χ1v) is 5.56. The summed E-state index contributed by atoms with van der Waals surface area (Å²) in [5.74, 6) is 0. The van der Waals surface area contributed by atoms with Crippen LogP contribution in [-0.2, 0) is 0 Å². The fourth-order valence-corrected chi connectivity index (χ4v) is 2.47. The SMILES string of the molecule is Nc1cc(Cl)c(Sc2ncco2)c(Cl)c1. The predicted octanol–water partition coefficient (Wildman–Crippen LogP) is 3.71. The number of nitrogen functional groups attached to an aromatic ring is 1. The Morgan fingerprint density at radius 3 is 2.47 bits per heavy atom. The molecule has 0 aliphatic heterocycles. The normalized spacial score (nSPS) is 10.5. The van der Waals surface area contributed by atoms with Crippen molar-refractivity contribution in [1.29, 1.82) is 0 Å². The lowest BCUT2D eigenvalue weighted by atomic mass is 10.3. The minimum atomic E-state index is 0.489. The van der Waals surface area contributed by atoms with Crippen molar-refractivity contribution < 1.29 is 4.42 Å². The summed E-state index contributed by atoms with van der Waals surface area (Å²) in [4.78, 5) is 4.65. The molecule has 1 aromatic carbocycles. The number of oxazole rings is 1. The van der Waals surface area contributed by atoms with Crippen LogP contribution in [0.5, 0.6) is 0 Å². The Morgan fingerprint density at radius 1 is 1.27 bits per heavy atom. The van der Waals surface area contributed by atoms with Crippen molar-refractivity contribution in [3.05, 3.63) is 34.6 Å². The van der Waals surface area contributed by atoms with Gasteiger partial charge >= 0.3 is 0 Å². The van der Waals surface area contributed by atoms with E-state index in [2.05, 4.69) is 4.98 Å². The Morgan fingerprint density at radius 2 is 1.93 bits per heavy atom. The third-order valence-electron chi connectivity index (χ3n) is 1.62. The van der Waals surface area contributed by atoms with Gasteiger partial charge in [-0.25, -0.2) is 4.98 Å². The molecule has 0 atom stereocenters. The number of aromatic nitrogens is 1. The third kappa shape index (κ3) is 2.40. The molecule has 0 aliphatic rings. The van der Waals surface area contributed by atoms with Gasteiger partial charge in [0.05, 0.1) is 21.1 Å². The number of anilines is 1. The van der Waals surface area contributed by atoms with E-state index < -0.39 is 0 Å². The Balaban J connectivity index is 2.36. The molecular weight excluding hydrogens is 255 g/mol. The van der Waals surface area contributed by atoms with Crippen molar-refractivity contribution >= 4 is 40.7 Å². The van der Waals surface area contributed by atoms with Crippen LogP contribution in [0.1, 0.15) is 0 Å². The molecule has 0 bridgehead atoms. The number of benzene rings is 1. The maximum absolute atomic E-state index is 6.00. The third-order valence-corrected chi connectivity index (χ3v) is 3.46. The summed E-state index contributed by atoms with van der Waals surface area (Å²) in [5, 5.41) is 1.47. The van der Waals surface area contributed by atoms with Gasteiger partial charge in [-0.2, -0.15) is 0 Å². The maximum atomic E-state index is 6.00. The van der Waals surface area contributed by atoms with E-state index >= 15 is 0 Å². The van der Waals surface area contributed by atoms with Gasteiger partial charge in [-0.3, -0.25) is 0 Å². The lowest BCUT2D eigenvalue weighted by molar-refractivity contribution is 0.454. The molecule has 0 unspecified atom stereocenters. The summed E-state index contributed by atoms with van der Waals surface area (Å²) in [5.41, 5.74) is 6.11. The van der Waals surface area contributed by atoms with Gasteiger partial charge in [-0.15, -0.1) is 0 Å². The van der Waals surface area contributed by atoms with E-state index in [1.54, 1.807) is 18.3 Å². The molecule has 2 N–H and O–H groups in total. The van der Waals surface area contributed by atoms with E-state index in [-0.39, 0.29) is 0 Å². The highest BCUT2D eigenvalue weighted by Crippen LogP contribution is 2.39. The van der Waals surface area contributed by atoms with Crippen molar-refractivity contribution in [3.63, 3.8) is 0 Å². The van der Waals surface area contributed by atoms with Gasteiger partial charge < -0.3 is 10.2 Å². The highest BCUT2D eigenvalue weighted by Gasteiger charge is 2.11. The van der Waals surface area contributed by atoms with Gasteiger partial charge in [0.15, 0.2) is 0 Å². The van der Waals surface area contributed by atoms with Crippen LogP contribution < -0.4 is 5.73 Å². The van der Waals surface area contributed by atoms with Crippen molar-refractivity contribution in [2.24, 2.45) is 0 Å². The highest BCUT2D eigenvalue weighted by molar-refractivity contribution is 7.99. The van der Waals surface area contributed by atoms with Crippen LogP contribution in [0, 0.1) is 0 Å². The molecule has 2 aromatic rings. The van der Waals surface area contributed by atoms with Crippen molar-refractivity contribution in [3.8, 4) is 0 Å². The molecule has 0 radical (unpaired) electrons. The zero-order valence-electron chi connectivity index (χ0n) is 7.41. The van der Waals surface area contributed by atoms with Crippen molar-refractivity contribution in [1.82, 2.24) is 4.98 Å². The van der Waals surface area contributed by atoms with Crippen LogP contribution in [0.25, 0.3) is 0 Å². The first-order valence-electron chi connectivity index (χ1n) is 3.98. The number of nitrogens with zero attached hydrogens (tertiary/aromatic N) is 1. The molecule has 1 aromatic heterocycles. The van der Waals surface area contributed by atoms with Crippen LogP contribution in [0.3, 0.4) is 0 Å². The fourth-order valence-electron chi connectivity index (χ4n) is 1.03. The minimum Gasteiger partial charge on any atom is -0.440 e. The van der Waals surface area contributed by atoms with E-state index in [1.807, 2.05) is 0 Å². The quantitative estimate of drug-likeness (QED) is 0.837. The molecule has 0 fully saturated rings. The molecule has 3 nitrogen and oxygen atoms in total. The molecule has 78 valence electrons. The van der Waals surface area contributed by atoms with Crippen LogP contribution >= 0.6 is 35.0 Å². The number of nitrogens with two attached hydrogens (primary N) is 1. The van der Waals surface area contributed by atoms with Gasteiger partial charge in [0.1, 0.15) is 6.26 Å². The molecular formula is C9H6Cl2N2OS. The minimum absolute atomic E-state index is 0.489. The molecule has 0 aliphatic carbocycles. The van der Waals surface area contributed by atoms with Crippen LogP contribution in [-0.4, -0.2) is 4.98 Å². The summed E-state index contributed by atoms with van der Waals surface area (Å²) in [6, 6.07) is 3.28. The molecule has 0 saturated carbocycles. The zero-order valence-corrected chi connectivity index (χ0v) is 9.73. The monoisotopic (exact) mass is 260 g/mol. The second-order valence-corrected chi connectivity index (χ2v) is 4.49. The van der Waals surface area contributed by atoms with E-state index in [9.17, 15) is 0 Å². The van der Waals surface area contributed by atoms with Crippen molar-refractivity contribution in [2.45, 2.75) is 10.1 Å². The average Bonchev–Trinajstić information content (AvgIpc) is 2.63. The van der Waals surface area contributed by atoms with E-state index in [0.29, 0.717) is 25.9 Å². The van der Waals surface area contributed by atoms with E-state index in [4.69, 9.17) is 33.4 Å². The van der Waals surface area contributed by atoms with Crippen molar-refractivity contribution in [2.75, 3.05) is 5.73 Å². The van der Waals surface area contributed by atoms with Gasteiger partial charge in [0, 0.05) is 5.69 Å².